The van der Waals surface area contributed by atoms with Crippen LogP contribution in [-0.4, -0.2) is 25.2 Å². The van der Waals surface area contributed by atoms with Crippen LogP contribution in [0, 0.1) is 24.1 Å². The Bertz CT molecular complexity index is 1380. The second-order valence-electron chi connectivity index (χ2n) is 7.82. The molecule has 0 unspecified atom stereocenters. The first-order valence-corrected chi connectivity index (χ1v) is 10.1. The minimum absolute atomic E-state index is 0.0944. The van der Waals surface area contributed by atoms with E-state index < -0.39 is 0 Å². The molecule has 0 aliphatic heterocycles. The summed E-state index contributed by atoms with van der Waals surface area (Å²) in [5.74, 6) is 0.160. The van der Waals surface area contributed by atoms with Gasteiger partial charge in [0.25, 0.3) is 0 Å². The smallest absolute Gasteiger partial charge is 0.246 e. The van der Waals surface area contributed by atoms with Crippen molar-refractivity contribution in [2.45, 2.75) is 33.4 Å². The zero-order valence-corrected chi connectivity index (χ0v) is 17.9. The number of hydrogen-bond donors (Lipinski definition) is 2. The van der Waals surface area contributed by atoms with Crippen LogP contribution >= 0.6 is 0 Å². The van der Waals surface area contributed by atoms with Crippen LogP contribution in [0.5, 0.6) is 0 Å². The molecule has 0 aliphatic carbocycles. The summed E-state index contributed by atoms with van der Waals surface area (Å²) in [6.45, 7) is 5.83. The fourth-order valence-electron chi connectivity index (χ4n) is 3.63. The monoisotopic (exact) mass is 431 g/mol. The van der Waals surface area contributed by atoms with E-state index in [0.717, 1.165) is 16.6 Å². The Morgan fingerprint density at radius 3 is 2.75 bits per heavy atom. The number of rotatable bonds is 5. The van der Waals surface area contributed by atoms with Gasteiger partial charge < -0.3 is 15.6 Å². The number of fused-ring (bicyclic) bond motifs is 1. The van der Waals surface area contributed by atoms with E-state index in [9.17, 15) is 9.18 Å². The lowest BCUT2D eigenvalue weighted by molar-refractivity contribution is -0.116. The number of imidazole rings is 1. The highest BCUT2D eigenvalue weighted by Gasteiger charge is 2.17. The van der Waals surface area contributed by atoms with Gasteiger partial charge in [0.05, 0.1) is 17.2 Å². The van der Waals surface area contributed by atoms with Gasteiger partial charge >= 0.3 is 0 Å². The number of aryl methyl sites for hydroxylation is 1. The number of anilines is 2. The number of nitriles is 1. The zero-order chi connectivity index (χ0) is 23.0. The lowest BCUT2D eigenvalue weighted by Gasteiger charge is -2.15. The minimum atomic E-state index is -0.341. The summed E-state index contributed by atoms with van der Waals surface area (Å²) in [6, 6.07) is 12.2. The Hall–Kier alpha value is -4.19. The summed E-state index contributed by atoms with van der Waals surface area (Å²) in [6.07, 6.45) is 1.33. The first-order chi connectivity index (χ1) is 15.3. The van der Waals surface area contributed by atoms with Crippen molar-refractivity contribution in [3.8, 4) is 17.5 Å². The van der Waals surface area contributed by atoms with Gasteiger partial charge in [-0.25, -0.2) is 14.1 Å². The van der Waals surface area contributed by atoms with E-state index in [1.807, 2.05) is 49.6 Å². The number of nitrogens with zero attached hydrogens (tertiary/aromatic N) is 5. The van der Waals surface area contributed by atoms with Crippen molar-refractivity contribution < 1.29 is 9.18 Å². The Morgan fingerprint density at radius 1 is 1.28 bits per heavy atom. The molecule has 2 aromatic heterocycles. The molecule has 3 N–H and O–H groups in total. The number of carbonyl (C=O) groups is 1. The largest absolute Gasteiger partial charge is 0.383 e. The van der Waals surface area contributed by atoms with E-state index in [1.165, 1.54) is 23.0 Å². The van der Waals surface area contributed by atoms with Crippen LogP contribution in [0.1, 0.15) is 31.0 Å². The summed E-state index contributed by atoms with van der Waals surface area (Å²) in [5, 5.41) is 15.9. The van der Waals surface area contributed by atoms with E-state index in [1.54, 1.807) is 6.07 Å². The molecule has 1 amide bonds. The molecule has 9 heteroatoms. The van der Waals surface area contributed by atoms with Crippen molar-refractivity contribution >= 4 is 28.4 Å². The Morgan fingerprint density at radius 2 is 2.06 bits per heavy atom. The van der Waals surface area contributed by atoms with Crippen molar-refractivity contribution in [1.82, 2.24) is 19.3 Å². The fourth-order valence-corrected chi connectivity index (χ4v) is 3.63. The van der Waals surface area contributed by atoms with Gasteiger partial charge in [-0.1, -0.05) is 12.1 Å². The molecule has 162 valence electrons. The van der Waals surface area contributed by atoms with E-state index in [2.05, 4.69) is 15.4 Å². The number of hydrogen-bond acceptors (Lipinski definition) is 5. The summed E-state index contributed by atoms with van der Waals surface area (Å²) < 4.78 is 17.1. The molecule has 0 bridgehead atoms. The second kappa shape index (κ2) is 8.15. The lowest BCUT2D eigenvalue weighted by Crippen LogP contribution is -2.21. The van der Waals surface area contributed by atoms with Crippen molar-refractivity contribution in [3.63, 3.8) is 0 Å². The molecule has 4 rings (SSSR count). The van der Waals surface area contributed by atoms with Crippen LogP contribution < -0.4 is 11.1 Å². The number of carbonyl (C=O) groups excluding carboxylic acids is 1. The Balaban J connectivity index is 1.67. The predicted molar refractivity (Wildman–Crippen MR) is 120 cm³/mol. The third-order valence-electron chi connectivity index (χ3n) is 5.23. The van der Waals surface area contributed by atoms with Crippen LogP contribution in [0.3, 0.4) is 0 Å². The summed E-state index contributed by atoms with van der Waals surface area (Å²) in [7, 11) is 0. The highest BCUT2D eigenvalue weighted by molar-refractivity contribution is 5.92. The third kappa shape index (κ3) is 3.78. The highest BCUT2D eigenvalue weighted by Crippen LogP contribution is 2.31. The maximum atomic E-state index is 13.7. The molecule has 8 nitrogen and oxygen atoms in total. The van der Waals surface area contributed by atoms with Crippen LogP contribution in [0.4, 0.5) is 15.9 Å². The van der Waals surface area contributed by atoms with Crippen LogP contribution in [0.2, 0.25) is 0 Å². The third-order valence-corrected chi connectivity index (χ3v) is 5.23. The van der Waals surface area contributed by atoms with Crippen LogP contribution in [0.15, 0.2) is 42.6 Å². The average molecular weight is 431 g/mol. The average Bonchev–Trinajstić information content (AvgIpc) is 3.29. The topological polar surface area (TPSA) is 115 Å². The molecular weight excluding hydrogens is 409 g/mol. The predicted octanol–water partition coefficient (Wildman–Crippen LogP) is 4.02. The number of nitrogens with one attached hydrogen (secondary N) is 1. The maximum absolute atomic E-state index is 13.7. The molecule has 2 aromatic carbocycles. The van der Waals surface area contributed by atoms with Gasteiger partial charge in [-0.2, -0.15) is 10.4 Å². The van der Waals surface area contributed by atoms with Gasteiger partial charge in [0.1, 0.15) is 35.6 Å². The van der Waals surface area contributed by atoms with Gasteiger partial charge in [0.15, 0.2) is 0 Å². The number of nitrogen functional groups attached to an aromatic ring is 1. The van der Waals surface area contributed by atoms with Crippen molar-refractivity contribution in [2.24, 2.45) is 0 Å². The van der Waals surface area contributed by atoms with Crippen molar-refractivity contribution in [3.05, 3.63) is 59.5 Å². The number of nitrogens with two attached hydrogens (primary N) is 1. The van der Waals surface area contributed by atoms with E-state index in [4.69, 9.17) is 11.0 Å². The number of benzene rings is 2. The molecule has 32 heavy (non-hydrogen) atoms. The molecule has 0 saturated carbocycles. The van der Waals surface area contributed by atoms with Gasteiger partial charge in [0, 0.05) is 23.4 Å². The molecule has 2 heterocycles. The molecule has 0 fully saturated rings. The lowest BCUT2D eigenvalue weighted by atomic mass is 10.1. The minimum Gasteiger partial charge on any atom is -0.383 e. The molecule has 0 aliphatic rings. The van der Waals surface area contributed by atoms with Crippen LogP contribution in [-0.2, 0) is 11.3 Å². The molecule has 0 radical (unpaired) electrons. The van der Waals surface area contributed by atoms with E-state index in [-0.39, 0.29) is 35.7 Å². The zero-order valence-electron chi connectivity index (χ0n) is 17.9. The fraction of sp³-hybridized carbons (Fsp3) is 0.217. The van der Waals surface area contributed by atoms with Gasteiger partial charge in [-0.3, -0.25) is 4.79 Å². The normalized spacial score (nSPS) is 11.1. The second-order valence-corrected chi connectivity index (χ2v) is 7.82. The molecule has 0 saturated heterocycles. The quantitative estimate of drug-likeness (QED) is 0.495. The number of aromatic nitrogens is 4. The van der Waals surface area contributed by atoms with E-state index in [0.29, 0.717) is 17.0 Å². The molecular formula is C23H22FN7O. The standard InChI is InChI=1S/C23H22FN7O/c1-13(2)31-20-7-6-17(24)9-19(20)29-23(31)15-5-4-14(3)18(8-15)28-21(32)12-30-22(26)16(10-25)11-27-30/h4-9,11,13H,12,26H2,1-3H3,(H,28,32). The van der Waals surface area contributed by atoms with Crippen molar-refractivity contribution in [1.29, 1.82) is 5.26 Å². The summed E-state index contributed by atoms with van der Waals surface area (Å²) in [5.41, 5.74) is 9.75. The first-order valence-electron chi connectivity index (χ1n) is 10.1. The molecule has 0 spiro atoms. The van der Waals surface area contributed by atoms with Gasteiger partial charge in [-0.15, -0.1) is 0 Å². The number of halogens is 1. The highest BCUT2D eigenvalue weighted by atomic mass is 19.1. The summed E-state index contributed by atoms with van der Waals surface area (Å²) >= 11 is 0. The Labute approximate surface area is 184 Å². The number of amides is 1. The Kier molecular flexibility index (Phi) is 5.36. The first kappa shape index (κ1) is 21.1. The van der Waals surface area contributed by atoms with Crippen LogP contribution in [0.25, 0.3) is 22.4 Å². The van der Waals surface area contributed by atoms with Gasteiger partial charge in [-0.05, 0) is 44.5 Å². The SMILES string of the molecule is Cc1ccc(-c2nc3cc(F)ccc3n2C(C)C)cc1NC(=O)Cn1ncc(C#N)c1N. The van der Waals surface area contributed by atoms with Gasteiger partial charge in [0.2, 0.25) is 5.91 Å². The van der Waals surface area contributed by atoms with Crippen molar-refractivity contribution in [2.75, 3.05) is 11.1 Å². The summed E-state index contributed by atoms with van der Waals surface area (Å²) in [4.78, 5) is 17.3. The molecule has 4 aromatic rings. The maximum Gasteiger partial charge on any atom is 0.246 e. The molecule has 0 atom stereocenters. The van der Waals surface area contributed by atoms with E-state index >= 15 is 0 Å².